The minimum Gasteiger partial charge on any atom is -0.387 e. The quantitative estimate of drug-likeness (QED) is 0.0708. The lowest BCUT2D eigenvalue weighted by Gasteiger charge is -2.21. The Labute approximate surface area is 221 Å². The van der Waals surface area contributed by atoms with Crippen LogP contribution in [-0.2, 0) is 14.9 Å². The molecule has 0 saturated heterocycles. The molecule has 36 heavy (non-hydrogen) atoms. The van der Waals surface area contributed by atoms with E-state index in [1.807, 2.05) is 6.08 Å². The average Bonchev–Trinajstić information content (AvgIpc) is 2.82. The van der Waals surface area contributed by atoms with Crippen LogP contribution in [0.4, 0.5) is 0 Å². The number of aliphatic hydroxyl groups is 1. The van der Waals surface area contributed by atoms with Gasteiger partial charge in [0.15, 0.2) is 0 Å². The minimum absolute atomic E-state index is 0.278. The van der Waals surface area contributed by atoms with Crippen LogP contribution in [0.5, 0.6) is 0 Å². The van der Waals surface area contributed by atoms with Gasteiger partial charge in [0.2, 0.25) is 5.91 Å². The summed E-state index contributed by atoms with van der Waals surface area (Å²) in [6, 6.07) is -1.06. The SMILES string of the molecule is CCCCC/C=C\C/C=C\CCCCCCCC(=O)NC(CS(=O)(=O)O)C(O)/C=C/CCCCCC. The molecule has 0 spiro atoms. The summed E-state index contributed by atoms with van der Waals surface area (Å²) in [4.78, 5) is 12.3. The Morgan fingerprint density at radius 3 is 1.86 bits per heavy atom. The van der Waals surface area contributed by atoms with E-state index < -0.39 is 28.0 Å². The fraction of sp³-hybridized carbons (Fsp3) is 0.759. The van der Waals surface area contributed by atoms with E-state index in [0.717, 1.165) is 70.6 Å². The van der Waals surface area contributed by atoms with E-state index in [1.165, 1.54) is 31.8 Å². The molecule has 0 saturated carbocycles. The van der Waals surface area contributed by atoms with Gasteiger partial charge in [-0.2, -0.15) is 8.42 Å². The lowest BCUT2D eigenvalue weighted by molar-refractivity contribution is -0.122. The van der Waals surface area contributed by atoms with Crippen molar-refractivity contribution in [3.8, 4) is 0 Å². The summed E-state index contributed by atoms with van der Waals surface area (Å²) in [6.07, 6.45) is 28.7. The van der Waals surface area contributed by atoms with Gasteiger partial charge < -0.3 is 10.4 Å². The van der Waals surface area contributed by atoms with Gasteiger partial charge in [0.05, 0.1) is 17.9 Å². The van der Waals surface area contributed by atoms with Crippen LogP contribution in [0, 0.1) is 0 Å². The lowest BCUT2D eigenvalue weighted by atomic mass is 10.1. The average molecular weight is 528 g/mol. The maximum Gasteiger partial charge on any atom is 0.267 e. The second-order valence-corrected chi connectivity index (χ2v) is 11.2. The summed E-state index contributed by atoms with van der Waals surface area (Å²) >= 11 is 0. The van der Waals surface area contributed by atoms with Gasteiger partial charge in [0, 0.05) is 6.42 Å². The number of amides is 1. The molecule has 3 N–H and O–H groups in total. The molecule has 0 aliphatic carbocycles. The van der Waals surface area contributed by atoms with Crippen LogP contribution in [0.2, 0.25) is 0 Å². The van der Waals surface area contributed by atoms with Crippen LogP contribution >= 0.6 is 0 Å². The molecular formula is C29H53NO5S. The van der Waals surface area contributed by atoms with Crippen molar-refractivity contribution in [3.63, 3.8) is 0 Å². The van der Waals surface area contributed by atoms with Crippen molar-refractivity contribution in [1.29, 1.82) is 0 Å². The van der Waals surface area contributed by atoms with Gasteiger partial charge >= 0.3 is 0 Å². The van der Waals surface area contributed by atoms with E-state index in [4.69, 9.17) is 0 Å². The molecule has 0 aromatic carbocycles. The fourth-order valence-corrected chi connectivity index (χ4v) is 4.62. The van der Waals surface area contributed by atoms with Crippen LogP contribution in [-0.4, -0.2) is 41.9 Å². The molecule has 2 unspecified atom stereocenters. The van der Waals surface area contributed by atoms with Gasteiger partial charge in [-0.05, 0) is 51.4 Å². The molecule has 2 atom stereocenters. The third-order valence-electron chi connectivity index (χ3n) is 6.06. The van der Waals surface area contributed by atoms with Crippen LogP contribution < -0.4 is 5.32 Å². The van der Waals surface area contributed by atoms with E-state index in [0.29, 0.717) is 6.42 Å². The number of allylic oxidation sites excluding steroid dienone is 5. The molecule has 0 bridgehead atoms. The summed E-state index contributed by atoms with van der Waals surface area (Å²) in [7, 11) is -4.33. The van der Waals surface area contributed by atoms with E-state index in [1.54, 1.807) is 0 Å². The standard InChI is InChI=1S/C29H53NO5S/c1-3-5-7-9-11-12-13-14-15-16-17-18-19-21-23-25-29(32)30-27(26-36(33,34)35)28(31)24-22-20-10-8-6-4-2/h11-12,14-15,22,24,27-28,31H,3-10,13,16-21,23,25-26H2,1-2H3,(H,30,32)(H,33,34,35)/b12-11-,15-14-,24-22+. The number of rotatable bonds is 24. The van der Waals surface area contributed by atoms with Crippen LogP contribution in [0.15, 0.2) is 36.5 Å². The molecule has 0 fully saturated rings. The molecule has 0 aromatic rings. The van der Waals surface area contributed by atoms with E-state index in [2.05, 4.69) is 43.5 Å². The summed E-state index contributed by atoms with van der Waals surface area (Å²) < 4.78 is 31.9. The first-order valence-electron chi connectivity index (χ1n) is 14.2. The van der Waals surface area contributed by atoms with Gasteiger partial charge in [0.25, 0.3) is 10.1 Å². The molecule has 0 heterocycles. The lowest BCUT2D eigenvalue weighted by Crippen LogP contribution is -2.46. The normalized spacial score (nSPS) is 14.2. The maximum atomic E-state index is 12.3. The second kappa shape index (κ2) is 23.9. The Hall–Kier alpha value is -1.44. The molecular weight excluding hydrogens is 474 g/mol. The molecule has 7 heteroatoms. The molecule has 0 aliphatic rings. The number of hydrogen-bond donors (Lipinski definition) is 3. The molecule has 0 aromatic heterocycles. The van der Waals surface area contributed by atoms with Crippen molar-refractivity contribution in [2.45, 2.75) is 135 Å². The molecule has 6 nitrogen and oxygen atoms in total. The Morgan fingerprint density at radius 2 is 1.25 bits per heavy atom. The summed E-state index contributed by atoms with van der Waals surface area (Å²) in [6.45, 7) is 4.36. The molecule has 0 rings (SSSR count). The predicted molar refractivity (Wildman–Crippen MR) is 152 cm³/mol. The fourth-order valence-electron chi connectivity index (χ4n) is 3.89. The molecule has 1 amide bonds. The van der Waals surface area contributed by atoms with Gasteiger partial charge in [-0.25, -0.2) is 0 Å². The minimum atomic E-state index is -4.33. The van der Waals surface area contributed by atoms with Crippen molar-refractivity contribution in [2.75, 3.05) is 5.75 Å². The highest BCUT2D eigenvalue weighted by Crippen LogP contribution is 2.10. The third kappa shape index (κ3) is 24.3. The number of aliphatic hydroxyl groups excluding tert-OH is 1. The largest absolute Gasteiger partial charge is 0.387 e. The number of carbonyl (C=O) groups is 1. The number of carbonyl (C=O) groups excluding carboxylic acids is 1. The van der Waals surface area contributed by atoms with Gasteiger partial charge in [0.1, 0.15) is 0 Å². The first-order chi connectivity index (χ1) is 17.3. The highest BCUT2D eigenvalue weighted by atomic mass is 32.2. The first-order valence-corrected chi connectivity index (χ1v) is 15.8. The first kappa shape index (κ1) is 34.6. The molecule has 0 radical (unpaired) electrons. The van der Waals surface area contributed by atoms with Crippen molar-refractivity contribution >= 4 is 16.0 Å². The topological polar surface area (TPSA) is 104 Å². The van der Waals surface area contributed by atoms with E-state index in [9.17, 15) is 22.9 Å². The van der Waals surface area contributed by atoms with Crippen molar-refractivity contribution in [1.82, 2.24) is 5.32 Å². The zero-order valence-electron chi connectivity index (χ0n) is 22.9. The summed E-state index contributed by atoms with van der Waals surface area (Å²) in [5.41, 5.74) is 0. The number of nitrogens with one attached hydrogen (secondary N) is 1. The smallest absolute Gasteiger partial charge is 0.267 e. The molecule has 0 aliphatic heterocycles. The monoisotopic (exact) mass is 527 g/mol. The summed E-state index contributed by atoms with van der Waals surface area (Å²) in [5.74, 6) is -1.01. The van der Waals surface area contributed by atoms with Gasteiger partial charge in [-0.15, -0.1) is 0 Å². The van der Waals surface area contributed by atoms with Crippen molar-refractivity contribution in [2.24, 2.45) is 0 Å². The number of hydrogen-bond acceptors (Lipinski definition) is 4. The molecule has 210 valence electrons. The van der Waals surface area contributed by atoms with Gasteiger partial charge in [-0.3, -0.25) is 9.35 Å². The zero-order valence-corrected chi connectivity index (χ0v) is 23.7. The van der Waals surface area contributed by atoms with Gasteiger partial charge in [-0.1, -0.05) is 102 Å². The second-order valence-electron chi connectivity index (χ2n) is 9.67. The Morgan fingerprint density at radius 1 is 0.750 bits per heavy atom. The maximum absolute atomic E-state index is 12.3. The third-order valence-corrected chi connectivity index (χ3v) is 6.84. The predicted octanol–water partition coefficient (Wildman–Crippen LogP) is 7.06. The Bertz CT molecular complexity index is 715. The van der Waals surface area contributed by atoms with Crippen molar-refractivity contribution < 1.29 is 22.9 Å². The van der Waals surface area contributed by atoms with Crippen LogP contribution in [0.3, 0.4) is 0 Å². The van der Waals surface area contributed by atoms with E-state index >= 15 is 0 Å². The zero-order chi connectivity index (χ0) is 26.9. The Balaban J connectivity index is 4.07. The highest BCUT2D eigenvalue weighted by Gasteiger charge is 2.24. The van der Waals surface area contributed by atoms with E-state index in [-0.39, 0.29) is 12.3 Å². The number of unbranched alkanes of at least 4 members (excludes halogenated alkanes) is 12. The Kier molecular flexibility index (Phi) is 23.0. The van der Waals surface area contributed by atoms with Crippen LogP contribution in [0.1, 0.15) is 123 Å². The summed E-state index contributed by atoms with van der Waals surface area (Å²) in [5, 5.41) is 12.9. The van der Waals surface area contributed by atoms with Crippen molar-refractivity contribution in [3.05, 3.63) is 36.5 Å². The highest BCUT2D eigenvalue weighted by molar-refractivity contribution is 7.85. The van der Waals surface area contributed by atoms with Crippen LogP contribution in [0.25, 0.3) is 0 Å².